The summed E-state index contributed by atoms with van der Waals surface area (Å²) in [6.07, 6.45) is 0. The number of nitrogens with one attached hydrogen (secondary N) is 1. The van der Waals surface area contributed by atoms with Crippen molar-refractivity contribution >= 4 is 34.5 Å². The largest absolute Gasteiger partial charge is 0.376 e. The fourth-order valence-corrected chi connectivity index (χ4v) is 2.18. The second-order valence-electron chi connectivity index (χ2n) is 3.73. The van der Waals surface area contributed by atoms with Crippen LogP contribution in [0.15, 0.2) is 54.6 Å². The lowest BCUT2D eigenvalue weighted by Crippen LogP contribution is -2.34. The van der Waals surface area contributed by atoms with E-state index in [1.807, 2.05) is 54.6 Å². The van der Waals surface area contributed by atoms with Crippen molar-refractivity contribution in [2.24, 2.45) is 5.73 Å². The number of rotatable bonds is 2. The minimum atomic E-state index is 0.183. The lowest BCUT2D eigenvalue weighted by atomic mass is 10.00. The van der Waals surface area contributed by atoms with E-state index in [1.165, 1.54) is 0 Å². The van der Waals surface area contributed by atoms with Gasteiger partial charge in [-0.1, -0.05) is 66.8 Å². The summed E-state index contributed by atoms with van der Waals surface area (Å²) in [6.45, 7) is 0. The van der Waals surface area contributed by atoms with Gasteiger partial charge in [-0.3, -0.25) is 0 Å². The zero-order valence-electron chi connectivity index (χ0n) is 9.59. The average molecular weight is 272 g/mol. The summed E-state index contributed by atoms with van der Waals surface area (Å²) >= 11 is 10.1. The normalized spacial score (nSPS) is 9.78. The third-order valence-electron chi connectivity index (χ3n) is 2.49. The summed E-state index contributed by atoms with van der Waals surface area (Å²) in [5.41, 5.74) is 8.55. The maximum atomic E-state index is 5.45. The van der Waals surface area contributed by atoms with Crippen molar-refractivity contribution in [2.45, 2.75) is 0 Å². The first-order valence-corrected chi connectivity index (χ1v) is 6.25. The third kappa shape index (κ3) is 2.91. The molecule has 2 aromatic carbocycles. The van der Waals surface area contributed by atoms with Crippen LogP contribution in [0.3, 0.4) is 0 Å². The Morgan fingerprint density at radius 2 is 1.50 bits per heavy atom. The molecule has 0 saturated heterocycles. The van der Waals surface area contributed by atoms with Crippen molar-refractivity contribution in [1.29, 1.82) is 0 Å². The van der Waals surface area contributed by atoms with Crippen molar-refractivity contribution in [2.75, 3.05) is 0 Å². The molecule has 3 N–H and O–H groups in total. The SMILES string of the molecule is NC(=S)NC(=S)c1ccccc1-c1ccccc1. The van der Waals surface area contributed by atoms with Gasteiger partial charge in [-0.25, -0.2) is 0 Å². The Kier molecular flexibility index (Phi) is 4.02. The maximum Gasteiger partial charge on any atom is 0.168 e. The molecule has 0 radical (unpaired) electrons. The fraction of sp³-hybridized carbons (Fsp3) is 0. The lowest BCUT2D eigenvalue weighted by molar-refractivity contribution is 1.39. The van der Waals surface area contributed by atoms with Gasteiger partial charge in [0.25, 0.3) is 0 Å². The van der Waals surface area contributed by atoms with Crippen LogP contribution in [0.2, 0.25) is 0 Å². The smallest absolute Gasteiger partial charge is 0.168 e. The average Bonchev–Trinajstić information content (AvgIpc) is 2.39. The van der Waals surface area contributed by atoms with Crippen LogP contribution in [0.1, 0.15) is 5.56 Å². The molecule has 4 heteroatoms. The highest BCUT2D eigenvalue weighted by molar-refractivity contribution is 7.82. The molecule has 0 unspecified atom stereocenters. The van der Waals surface area contributed by atoms with Crippen molar-refractivity contribution < 1.29 is 0 Å². The van der Waals surface area contributed by atoms with E-state index in [0.717, 1.165) is 16.7 Å². The Bertz CT molecular complexity index is 579. The summed E-state index contributed by atoms with van der Waals surface area (Å²) in [7, 11) is 0. The van der Waals surface area contributed by atoms with Crippen LogP contribution in [-0.4, -0.2) is 10.1 Å². The summed E-state index contributed by atoms with van der Waals surface area (Å²) in [4.78, 5) is 0.543. The first-order valence-electron chi connectivity index (χ1n) is 5.43. The Morgan fingerprint density at radius 3 is 2.17 bits per heavy atom. The van der Waals surface area contributed by atoms with E-state index in [2.05, 4.69) is 5.32 Å². The van der Waals surface area contributed by atoms with Gasteiger partial charge < -0.3 is 11.1 Å². The maximum absolute atomic E-state index is 5.45. The van der Waals surface area contributed by atoms with E-state index >= 15 is 0 Å². The molecule has 0 spiro atoms. The lowest BCUT2D eigenvalue weighted by Gasteiger charge is -2.11. The summed E-state index contributed by atoms with van der Waals surface area (Å²) < 4.78 is 0. The Hall–Kier alpha value is -1.78. The Morgan fingerprint density at radius 1 is 0.889 bits per heavy atom. The van der Waals surface area contributed by atoms with E-state index in [1.54, 1.807) is 0 Å². The zero-order valence-corrected chi connectivity index (χ0v) is 11.2. The van der Waals surface area contributed by atoms with E-state index in [-0.39, 0.29) is 5.11 Å². The van der Waals surface area contributed by atoms with Crippen LogP contribution >= 0.6 is 24.4 Å². The minimum Gasteiger partial charge on any atom is -0.376 e. The molecule has 0 aromatic heterocycles. The van der Waals surface area contributed by atoms with E-state index in [0.29, 0.717) is 4.99 Å². The quantitative estimate of drug-likeness (QED) is 0.825. The van der Waals surface area contributed by atoms with Crippen LogP contribution in [0.5, 0.6) is 0 Å². The van der Waals surface area contributed by atoms with Gasteiger partial charge in [-0.2, -0.15) is 0 Å². The van der Waals surface area contributed by atoms with Crippen molar-refractivity contribution in [3.63, 3.8) is 0 Å². The molecule has 0 aliphatic heterocycles. The molecule has 0 bridgehead atoms. The molecule has 0 fully saturated rings. The molecule has 90 valence electrons. The second-order valence-corrected chi connectivity index (χ2v) is 4.58. The molecule has 2 rings (SSSR count). The van der Waals surface area contributed by atoms with Crippen molar-refractivity contribution in [3.8, 4) is 11.1 Å². The van der Waals surface area contributed by atoms with Gasteiger partial charge in [0.1, 0.15) is 4.99 Å². The van der Waals surface area contributed by atoms with Gasteiger partial charge in [-0.15, -0.1) is 0 Å². The molecule has 18 heavy (non-hydrogen) atoms. The van der Waals surface area contributed by atoms with Crippen molar-refractivity contribution in [3.05, 3.63) is 60.2 Å². The van der Waals surface area contributed by atoms with Gasteiger partial charge >= 0.3 is 0 Å². The van der Waals surface area contributed by atoms with E-state index < -0.39 is 0 Å². The molecule has 0 atom stereocenters. The van der Waals surface area contributed by atoms with Crippen LogP contribution < -0.4 is 11.1 Å². The molecule has 0 saturated carbocycles. The van der Waals surface area contributed by atoms with Crippen LogP contribution in [0.4, 0.5) is 0 Å². The first kappa shape index (κ1) is 12.7. The number of nitrogens with two attached hydrogens (primary N) is 1. The molecule has 0 heterocycles. The summed E-state index contributed by atoms with van der Waals surface area (Å²) in [5, 5.41) is 2.99. The summed E-state index contributed by atoms with van der Waals surface area (Å²) in [6, 6.07) is 18.0. The van der Waals surface area contributed by atoms with Crippen LogP contribution in [-0.2, 0) is 0 Å². The highest BCUT2D eigenvalue weighted by atomic mass is 32.1. The molecule has 2 aromatic rings. The van der Waals surface area contributed by atoms with Crippen LogP contribution in [0, 0.1) is 0 Å². The Labute approximate surface area is 117 Å². The number of thiocarbonyl (C=S) groups is 2. The van der Waals surface area contributed by atoms with Gasteiger partial charge in [0.05, 0.1) is 0 Å². The van der Waals surface area contributed by atoms with E-state index in [4.69, 9.17) is 30.2 Å². The van der Waals surface area contributed by atoms with E-state index in [9.17, 15) is 0 Å². The standard InChI is InChI=1S/C14H12N2S2/c15-14(18)16-13(17)12-9-5-4-8-11(12)10-6-2-1-3-7-10/h1-9H,(H3,15,16,17,18). The number of hydrogen-bond donors (Lipinski definition) is 2. The predicted molar refractivity (Wildman–Crippen MR) is 83.5 cm³/mol. The monoisotopic (exact) mass is 272 g/mol. The third-order valence-corrected chi connectivity index (χ3v) is 2.92. The highest BCUT2D eigenvalue weighted by Crippen LogP contribution is 2.23. The Balaban J connectivity index is 2.44. The van der Waals surface area contributed by atoms with Crippen molar-refractivity contribution in [1.82, 2.24) is 5.32 Å². The number of benzene rings is 2. The molecule has 0 aliphatic carbocycles. The van der Waals surface area contributed by atoms with Gasteiger partial charge in [0.15, 0.2) is 5.11 Å². The molecular formula is C14H12N2S2. The first-order chi connectivity index (χ1) is 8.68. The molecule has 2 nitrogen and oxygen atoms in total. The fourth-order valence-electron chi connectivity index (χ4n) is 1.73. The molecular weight excluding hydrogens is 260 g/mol. The second kappa shape index (κ2) is 5.71. The van der Waals surface area contributed by atoms with Gasteiger partial charge in [0.2, 0.25) is 0 Å². The number of hydrogen-bond acceptors (Lipinski definition) is 2. The molecule has 0 amide bonds. The predicted octanol–water partition coefficient (Wildman–Crippen LogP) is 2.86. The minimum absolute atomic E-state index is 0.183. The topological polar surface area (TPSA) is 38.0 Å². The highest BCUT2D eigenvalue weighted by Gasteiger charge is 2.08. The zero-order chi connectivity index (χ0) is 13.0. The van der Waals surface area contributed by atoms with Crippen LogP contribution in [0.25, 0.3) is 11.1 Å². The molecule has 0 aliphatic rings. The van der Waals surface area contributed by atoms with Gasteiger partial charge in [0, 0.05) is 5.56 Å². The summed E-state index contributed by atoms with van der Waals surface area (Å²) in [5.74, 6) is 0. The van der Waals surface area contributed by atoms with Gasteiger partial charge in [-0.05, 0) is 23.3 Å².